The van der Waals surface area contributed by atoms with Crippen molar-refractivity contribution in [1.82, 2.24) is 15.1 Å². The summed E-state index contributed by atoms with van der Waals surface area (Å²) < 4.78 is 5.20. The summed E-state index contributed by atoms with van der Waals surface area (Å²) in [4.78, 5) is 20.7. The Balaban J connectivity index is 1.72. The third-order valence-electron chi connectivity index (χ3n) is 4.30. The first-order valence-corrected chi connectivity index (χ1v) is 8.90. The van der Waals surface area contributed by atoms with Crippen molar-refractivity contribution >= 4 is 11.9 Å². The van der Waals surface area contributed by atoms with Crippen LogP contribution in [0.25, 0.3) is 0 Å². The molecule has 1 aliphatic rings. The lowest BCUT2D eigenvalue weighted by atomic mass is 10.1. The van der Waals surface area contributed by atoms with Crippen molar-refractivity contribution in [3.8, 4) is 0 Å². The summed E-state index contributed by atoms with van der Waals surface area (Å²) in [6.45, 7) is 8.42. The number of carbonyl (C=O) groups is 1. The number of hydrogen-bond acceptors (Lipinski definition) is 3. The summed E-state index contributed by atoms with van der Waals surface area (Å²) in [6.07, 6.45) is 5.21. The molecular formula is C18H30N4O2. The number of nitrogens with one attached hydrogen (secondary N) is 1. The molecule has 0 aliphatic carbocycles. The van der Waals surface area contributed by atoms with Gasteiger partial charge < -0.3 is 19.5 Å². The molecule has 0 radical (unpaired) electrons. The van der Waals surface area contributed by atoms with Crippen LogP contribution in [0, 0.1) is 5.92 Å². The Hall–Kier alpha value is -1.98. The predicted octanol–water partition coefficient (Wildman–Crippen LogP) is 2.44. The lowest BCUT2D eigenvalue weighted by Gasteiger charge is -2.36. The Labute approximate surface area is 144 Å². The van der Waals surface area contributed by atoms with Crippen LogP contribution in [0.4, 0.5) is 0 Å². The number of rotatable bonds is 6. The number of carbonyl (C=O) groups excluding carboxylic acids is 1. The minimum Gasteiger partial charge on any atom is -0.459 e. The van der Waals surface area contributed by atoms with Crippen LogP contribution in [0.2, 0.25) is 0 Å². The van der Waals surface area contributed by atoms with E-state index in [0.717, 1.165) is 37.9 Å². The van der Waals surface area contributed by atoms with Gasteiger partial charge in [-0.15, -0.1) is 0 Å². The molecule has 1 aromatic heterocycles. The van der Waals surface area contributed by atoms with Gasteiger partial charge in [-0.25, -0.2) is 0 Å². The predicted molar refractivity (Wildman–Crippen MR) is 96.2 cm³/mol. The SMILES string of the molecule is CN=C(NCCCCC(C)C)N1CCN(C(=O)c2ccco2)CC1. The number of guanidine groups is 1. The van der Waals surface area contributed by atoms with Crippen molar-refractivity contribution in [3.05, 3.63) is 24.2 Å². The topological polar surface area (TPSA) is 61.1 Å². The van der Waals surface area contributed by atoms with Gasteiger partial charge in [0.15, 0.2) is 11.7 Å². The molecule has 0 unspecified atom stereocenters. The lowest BCUT2D eigenvalue weighted by Crippen LogP contribution is -2.53. The normalized spacial score (nSPS) is 15.9. The highest BCUT2D eigenvalue weighted by atomic mass is 16.3. The van der Waals surface area contributed by atoms with E-state index in [2.05, 4.69) is 29.1 Å². The Morgan fingerprint density at radius 1 is 1.25 bits per heavy atom. The molecule has 0 atom stereocenters. The number of piperazine rings is 1. The largest absolute Gasteiger partial charge is 0.459 e. The molecule has 2 rings (SSSR count). The molecule has 24 heavy (non-hydrogen) atoms. The molecular weight excluding hydrogens is 304 g/mol. The van der Waals surface area contributed by atoms with E-state index in [0.29, 0.717) is 18.8 Å². The van der Waals surface area contributed by atoms with Gasteiger partial charge in [-0.1, -0.05) is 26.7 Å². The highest BCUT2D eigenvalue weighted by Gasteiger charge is 2.24. The highest BCUT2D eigenvalue weighted by Crippen LogP contribution is 2.10. The lowest BCUT2D eigenvalue weighted by molar-refractivity contribution is 0.0657. The average molecular weight is 334 g/mol. The van der Waals surface area contributed by atoms with Crippen LogP contribution < -0.4 is 5.32 Å². The fourth-order valence-electron chi connectivity index (χ4n) is 2.89. The van der Waals surface area contributed by atoms with Crippen LogP contribution in [0.3, 0.4) is 0 Å². The van der Waals surface area contributed by atoms with Crippen molar-refractivity contribution in [2.45, 2.75) is 33.1 Å². The molecule has 1 saturated heterocycles. The van der Waals surface area contributed by atoms with Gasteiger partial charge in [0.2, 0.25) is 0 Å². The van der Waals surface area contributed by atoms with Gasteiger partial charge in [0.25, 0.3) is 5.91 Å². The first-order chi connectivity index (χ1) is 11.6. The fourth-order valence-corrected chi connectivity index (χ4v) is 2.89. The van der Waals surface area contributed by atoms with E-state index in [1.165, 1.54) is 19.1 Å². The third-order valence-corrected chi connectivity index (χ3v) is 4.30. The summed E-state index contributed by atoms with van der Waals surface area (Å²) >= 11 is 0. The van der Waals surface area contributed by atoms with Crippen molar-refractivity contribution in [2.24, 2.45) is 10.9 Å². The van der Waals surface area contributed by atoms with Gasteiger partial charge in [0.1, 0.15) is 0 Å². The van der Waals surface area contributed by atoms with Crippen molar-refractivity contribution in [1.29, 1.82) is 0 Å². The minimum atomic E-state index is -0.0312. The molecule has 6 nitrogen and oxygen atoms in total. The van der Waals surface area contributed by atoms with Gasteiger partial charge in [-0.05, 0) is 24.5 Å². The number of hydrogen-bond donors (Lipinski definition) is 1. The Morgan fingerprint density at radius 2 is 1.96 bits per heavy atom. The van der Waals surface area contributed by atoms with Gasteiger partial charge in [-0.2, -0.15) is 0 Å². The third kappa shape index (κ3) is 5.28. The standard InChI is InChI=1S/C18H30N4O2/c1-15(2)7-4-5-9-20-18(19-3)22-12-10-21(11-13-22)17(23)16-8-6-14-24-16/h6,8,14-15H,4-5,7,9-13H2,1-3H3,(H,19,20). The van der Waals surface area contributed by atoms with E-state index in [4.69, 9.17) is 4.42 Å². The fraction of sp³-hybridized carbons (Fsp3) is 0.667. The number of unbranched alkanes of at least 4 members (excludes halogenated alkanes) is 1. The van der Waals surface area contributed by atoms with E-state index in [1.54, 1.807) is 12.1 Å². The summed E-state index contributed by atoms with van der Waals surface area (Å²) in [7, 11) is 1.82. The van der Waals surface area contributed by atoms with Gasteiger partial charge in [0.05, 0.1) is 6.26 Å². The van der Waals surface area contributed by atoms with Crippen LogP contribution in [-0.4, -0.2) is 61.4 Å². The molecule has 1 N–H and O–H groups in total. The van der Waals surface area contributed by atoms with E-state index >= 15 is 0 Å². The molecule has 0 saturated carbocycles. The zero-order chi connectivity index (χ0) is 17.4. The smallest absolute Gasteiger partial charge is 0.289 e. The van der Waals surface area contributed by atoms with Crippen LogP contribution >= 0.6 is 0 Å². The zero-order valence-corrected chi connectivity index (χ0v) is 15.1. The summed E-state index contributed by atoms with van der Waals surface area (Å²) in [5, 5.41) is 3.44. The Kier molecular flexibility index (Phi) is 7.15. The molecule has 6 heteroatoms. The second kappa shape index (κ2) is 9.35. The zero-order valence-electron chi connectivity index (χ0n) is 15.1. The van der Waals surface area contributed by atoms with E-state index in [1.807, 2.05) is 11.9 Å². The molecule has 1 amide bonds. The van der Waals surface area contributed by atoms with Gasteiger partial charge >= 0.3 is 0 Å². The number of nitrogens with zero attached hydrogens (tertiary/aromatic N) is 3. The molecule has 1 fully saturated rings. The van der Waals surface area contributed by atoms with Crippen LogP contribution in [0.5, 0.6) is 0 Å². The molecule has 1 aliphatic heterocycles. The summed E-state index contributed by atoms with van der Waals surface area (Å²) in [5.74, 6) is 2.08. The van der Waals surface area contributed by atoms with Crippen LogP contribution in [0.15, 0.2) is 27.8 Å². The molecule has 0 bridgehead atoms. The summed E-state index contributed by atoms with van der Waals surface area (Å²) in [5.41, 5.74) is 0. The van der Waals surface area contributed by atoms with Crippen molar-refractivity contribution in [3.63, 3.8) is 0 Å². The van der Waals surface area contributed by atoms with Crippen molar-refractivity contribution in [2.75, 3.05) is 39.8 Å². The second-order valence-electron chi connectivity index (χ2n) is 6.62. The number of furan rings is 1. The quantitative estimate of drug-likeness (QED) is 0.493. The van der Waals surface area contributed by atoms with Gasteiger partial charge in [0, 0.05) is 39.8 Å². The Bertz CT molecular complexity index is 517. The first-order valence-electron chi connectivity index (χ1n) is 8.90. The van der Waals surface area contributed by atoms with Gasteiger partial charge in [-0.3, -0.25) is 9.79 Å². The van der Waals surface area contributed by atoms with Crippen LogP contribution in [0.1, 0.15) is 43.7 Å². The Morgan fingerprint density at radius 3 is 2.54 bits per heavy atom. The average Bonchev–Trinajstić information content (AvgIpc) is 3.12. The second-order valence-corrected chi connectivity index (χ2v) is 6.62. The van der Waals surface area contributed by atoms with E-state index in [-0.39, 0.29) is 5.91 Å². The maximum Gasteiger partial charge on any atom is 0.289 e. The maximum absolute atomic E-state index is 12.3. The van der Waals surface area contributed by atoms with E-state index in [9.17, 15) is 4.79 Å². The molecule has 0 aromatic carbocycles. The number of aliphatic imine (C=N–C) groups is 1. The van der Waals surface area contributed by atoms with Crippen molar-refractivity contribution < 1.29 is 9.21 Å². The molecule has 0 spiro atoms. The highest BCUT2D eigenvalue weighted by molar-refractivity contribution is 5.91. The summed E-state index contributed by atoms with van der Waals surface area (Å²) in [6, 6.07) is 3.46. The molecule has 1 aromatic rings. The molecule has 2 heterocycles. The number of amides is 1. The van der Waals surface area contributed by atoms with Crippen LogP contribution in [-0.2, 0) is 0 Å². The minimum absolute atomic E-state index is 0.0312. The maximum atomic E-state index is 12.3. The first kappa shape index (κ1) is 18.4. The van der Waals surface area contributed by atoms with E-state index < -0.39 is 0 Å². The monoisotopic (exact) mass is 334 g/mol. The molecule has 134 valence electrons.